The number of hydrogen-bond acceptors (Lipinski definition) is 7. The molecule has 2 aromatic rings. The summed E-state index contributed by atoms with van der Waals surface area (Å²) in [6.45, 7) is 4.25. The van der Waals surface area contributed by atoms with E-state index in [0.29, 0.717) is 52.8 Å². The van der Waals surface area contributed by atoms with Gasteiger partial charge >= 0.3 is 5.97 Å². The van der Waals surface area contributed by atoms with Gasteiger partial charge in [-0.05, 0) is 60.4 Å². The molecule has 6 nitrogen and oxygen atoms in total. The molecule has 0 amide bonds. The number of methoxy groups -OCH3 is 2. The number of carbonyl (C=O) groups is 2. The molecule has 0 spiro atoms. The van der Waals surface area contributed by atoms with Gasteiger partial charge in [0, 0.05) is 40.1 Å². The monoisotopic (exact) mass is 541 g/mol. The predicted molar refractivity (Wildman–Crippen MR) is 148 cm³/mol. The van der Waals surface area contributed by atoms with E-state index in [1.54, 1.807) is 32.0 Å². The number of benzene rings is 2. The standard InChI is InChI=1S/C29H32ClNO5S/c1-5-37-12-11-36-29(33)26-17(2)31-22-14-20(18-9-10-24(34-3)25(16-18)35-4)15-23(32)28(22)27(26)19-7-6-8-21(30)13-19/h6-10,13,16,20,27,31H,5,11-12,14-15H2,1-4H3/t20-,27+/m1/s1. The van der Waals surface area contributed by atoms with Gasteiger partial charge in [0.05, 0.1) is 19.8 Å². The summed E-state index contributed by atoms with van der Waals surface area (Å²) in [7, 11) is 3.20. The number of hydrogen-bond donors (Lipinski definition) is 1. The maximum atomic E-state index is 13.8. The Labute approximate surface area is 227 Å². The third-order valence-corrected chi connectivity index (χ3v) is 7.87. The first kappa shape index (κ1) is 27.1. The summed E-state index contributed by atoms with van der Waals surface area (Å²) in [6.07, 6.45) is 0.946. The summed E-state index contributed by atoms with van der Waals surface area (Å²) in [5, 5.41) is 3.94. The summed E-state index contributed by atoms with van der Waals surface area (Å²) in [4.78, 5) is 27.1. The molecule has 1 N–H and O–H groups in total. The molecule has 196 valence electrons. The maximum Gasteiger partial charge on any atom is 0.336 e. The molecule has 0 aromatic heterocycles. The first-order valence-electron chi connectivity index (χ1n) is 12.3. The fourth-order valence-electron chi connectivity index (χ4n) is 5.09. The second-order valence-electron chi connectivity index (χ2n) is 9.02. The minimum Gasteiger partial charge on any atom is -0.493 e. The second kappa shape index (κ2) is 12.1. The van der Waals surface area contributed by atoms with Crippen LogP contribution < -0.4 is 14.8 Å². The van der Waals surface area contributed by atoms with E-state index in [1.165, 1.54) is 0 Å². The Morgan fingerprint density at radius 1 is 1.08 bits per heavy atom. The van der Waals surface area contributed by atoms with Gasteiger partial charge in [0.2, 0.25) is 0 Å². The van der Waals surface area contributed by atoms with E-state index in [2.05, 4.69) is 12.2 Å². The van der Waals surface area contributed by atoms with Gasteiger partial charge in [0.25, 0.3) is 0 Å². The van der Waals surface area contributed by atoms with Crippen LogP contribution >= 0.6 is 23.4 Å². The van der Waals surface area contributed by atoms with E-state index in [4.69, 9.17) is 25.8 Å². The van der Waals surface area contributed by atoms with Crippen LogP contribution in [-0.4, -0.2) is 44.1 Å². The van der Waals surface area contributed by atoms with Gasteiger partial charge in [-0.1, -0.05) is 36.7 Å². The number of nitrogens with one attached hydrogen (secondary N) is 1. The second-order valence-corrected chi connectivity index (χ2v) is 10.8. The molecule has 1 aliphatic heterocycles. The number of allylic oxidation sites excluding steroid dienone is 3. The Morgan fingerprint density at radius 2 is 1.86 bits per heavy atom. The summed E-state index contributed by atoms with van der Waals surface area (Å²) in [5.41, 5.74) is 4.39. The normalized spacial score (nSPS) is 19.3. The largest absolute Gasteiger partial charge is 0.493 e. The van der Waals surface area contributed by atoms with E-state index >= 15 is 0 Å². The smallest absolute Gasteiger partial charge is 0.336 e. The minimum atomic E-state index is -0.542. The Morgan fingerprint density at radius 3 is 2.57 bits per heavy atom. The van der Waals surface area contributed by atoms with Crippen LogP contribution in [0.2, 0.25) is 5.02 Å². The molecule has 0 radical (unpaired) electrons. The number of Topliss-reactive ketones (excluding diaryl/α,β-unsaturated/α-hetero) is 1. The zero-order valence-electron chi connectivity index (χ0n) is 21.6. The molecule has 0 unspecified atom stereocenters. The predicted octanol–water partition coefficient (Wildman–Crippen LogP) is 6.02. The highest BCUT2D eigenvalue weighted by Gasteiger charge is 2.41. The van der Waals surface area contributed by atoms with E-state index in [0.717, 1.165) is 28.3 Å². The first-order chi connectivity index (χ1) is 17.9. The molecular weight excluding hydrogens is 510 g/mol. The van der Waals surface area contributed by atoms with Crippen molar-refractivity contribution in [1.29, 1.82) is 0 Å². The fraction of sp³-hybridized carbons (Fsp3) is 0.379. The zero-order valence-corrected chi connectivity index (χ0v) is 23.1. The number of ketones is 1. The molecule has 2 aromatic carbocycles. The molecule has 37 heavy (non-hydrogen) atoms. The Kier molecular flexibility index (Phi) is 8.87. The summed E-state index contributed by atoms with van der Waals surface area (Å²) >= 11 is 8.05. The number of halogens is 1. The number of rotatable bonds is 9. The van der Waals surface area contributed by atoms with E-state index < -0.39 is 11.9 Å². The molecule has 1 aliphatic carbocycles. The van der Waals surface area contributed by atoms with Gasteiger partial charge in [0.15, 0.2) is 17.3 Å². The highest BCUT2D eigenvalue weighted by Crippen LogP contribution is 2.46. The lowest BCUT2D eigenvalue weighted by Gasteiger charge is -2.36. The van der Waals surface area contributed by atoms with Crippen molar-refractivity contribution < 1.29 is 23.8 Å². The summed E-state index contributed by atoms with van der Waals surface area (Å²) < 4.78 is 16.5. The van der Waals surface area contributed by atoms with Crippen LogP contribution in [0.25, 0.3) is 0 Å². The van der Waals surface area contributed by atoms with Crippen LogP contribution in [0.15, 0.2) is 65.0 Å². The lowest BCUT2D eigenvalue weighted by Crippen LogP contribution is -2.36. The van der Waals surface area contributed by atoms with Gasteiger partial charge in [-0.2, -0.15) is 11.8 Å². The van der Waals surface area contributed by atoms with Crippen molar-refractivity contribution in [2.75, 3.05) is 32.3 Å². The van der Waals surface area contributed by atoms with Gasteiger partial charge in [-0.3, -0.25) is 4.79 Å². The van der Waals surface area contributed by atoms with Gasteiger partial charge in [-0.25, -0.2) is 4.79 Å². The highest BCUT2D eigenvalue weighted by atomic mass is 35.5. The van der Waals surface area contributed by atoms with E-state index in [1.807, 2.05) is 43.3 Å². The van der Waals surface area contributed by atoms with E-state index in [9.17, 15) is 9.59 Å². The first-order valence-corrected chi connectivity index (χ1v) is 13.9. The molecule has 0 bridgehead atoms. The van der Waals surface area contributed by atoms with Crippen LogP contribution in [0.1, 0.15) is 49.7 Å². The van der Waals surface area contributed by atoms with Crippen LogP contribution in [0.3, 0.4) is 0 Å². The molecule has 0 saturated carbocycles. The molecule has 0 fully saturated rings. The van der Waals surface area contributed by atoms with Crippen molar-refractivity contribution in [1.82, 2.24) is 5.32 Å². The zero-order chi connectivity index (χ0) is 26.5. The van der Waals surface area contributed by atoms with Gasteiger partial charge in [0.1, 0.15) is 6.61 Å². The van der Waals surface area contributed by atoms with Crippen LogP contribution in [0.5, 0.6) is 11.5 Å². The SMILES string of the molecule is CCSCCOC(=O)C1=C(C)NC2=C(C(=O)C[C@H](c3ccc(OC)c(OC)c3)C2)[C@H]1c1cccc(Cl)c1. The van der Waals surface area contributed by atoms with Crippen LogP contribution in [0, 0.1) is 0 Å². The van der Waals surface area contributed by atoms with E-state index in [-0.39, 0.29) is 11.7 Å². The molecular formula is C29H32ClNO5S. The Hall–Kier alpha value is -2.90. The third kappa shape index (κ3) is 5.83. The molecule has 1 heterocycles. The van der Waals surface area contributed by atoms with Crippen molar-refractivity contribution in [3.05, 3.63) is 81.2 Å². The fourth-order valence-corrected chi connectivity index (χ4v) is 5.78. The molecule has 2 atom stereocenters. The Balaban J connectivity index is 1.71. The minimum absolute atomic E-state index is 0.00199. The van der Waals surface area contributed by atoms with Crippen molar-refractivity contribution in [3.63, 3.8) is 0 Å². The number of ether oxygens (including phenoxy) is 3. The van der Waals surface area contributed by atoms with Crippen molar-refractivity contribution in [2.24, 2.45) is 0 Å². The summed E-state index contributed by atoms with van der Waals surface area (Å²) in [6, 6.07) is 13.1. The number of thioether (sulfide) groups is 1. The van der Waals surface area contributed by atoms with Crippen LogP contribution in [0.4, 0.5) is 0 Å². The third-order valence-electron chi connectivity index (χ3n) is 6.77. The molecule has 8 heteroatoms. The summed E-state index contributed by atoms with van der Waals surface area (Å²) in [5.74, 6) is 1.96. The highest BCUT2D eigenvalue weighted by molar-refractivity contribution is 7.99. The average molecular weight is 542 g/mol. The van der Waals surface area contributed by atoms with Crippen molar-refractivity contribution in [3.8, 4) is 11.5 Å². The average Bonchev–Trinajstić information content (AvgIpc) is 2.89. The van der Waals surface area contributed by atoms with Crippen molar-refractivity contribution >= 4 is 35.1 Å². The lowest BCUT2D eigenvalue weighted by atomic mass is 9.71. The van der Waals surface area contributed by atoms with Crippen LogP contribution in [-0.2, 0) is 14.3 Å². The van der Waals surface area contributed by atoms with Gasteiger partial charge < -0.3 is 19.5 Å². The van der Waals surface area contributed by atoms with Crippen molar-refractivity contribution in [2.45, 2.75) is 38.5 Å². The maximum absolute atomic E-state index is 13.8. The number of esters is 1. The number of dihydropyridines is 1. The molecule has 2 aliphatic rings. The molecule has 0 saturated heterocycles. The van der Waals surface area contributed by atoms with Gasteiger partial charge in [-0.15, -0.1) is 0 Å². The molecule has 4 rings (SSSR count). The topological polar surface area (TPSA) is 73.9 Å². The lowest BCUT2D eigenvalue weighted by molar-refractivity contribution is -0.138. The number of carbonyl (C=O) groups excluding carboxylic acids is 2. The quantitative estimate of drug-likeness (QED) is 0.307. The Bertz CT molecular complexity index is 1250.